The molecule has 0 radical (unpaired) electrons. The van der Waals surface area contributed by atoms with E-state index in [9.17, 15) is 9.59 Å². The normalized spacial score (nSPS) is 14.9. The Balaban J connectivity index is 1.73. The quantitative estimate of drug-likeness (QED) is 0.573. The van der Waals surface area contributed by atoms with E-state index in [2.05, 4.69) is 24.1 Å². The number of halogens is 1. The van der Waals surface area contributed by atoms with Crippen molar-refractivity contribution in [3.05, 3.63) is 38.7 Å². The Morgan fingerprint density at radius 2 is 1.94 bits per heavy atom. The number of amides is 1. The molecule has 1 N–H and O–H groups in total. The molecule has 1 heterocycles. The third kappa shape index (κ3) is 5.80. The zero-order valence-corrected chi connectivity index (χ0v) is 19.5. The van der Waals surface area contributed by atoms with Crippen molar-refractivity contribution in [3.63, 3.8) is 0 Å². The molecule has 3 rings (SSSR count). The van der Waals surface area contributed by atoms with E-state index in [-0.39, 0.29) is 29.2 Å². The molecule has 1 aliphatic rings. The summed E-state index contributed by atoms with van der Waals surface area (Å²) in [7, 11) is 0. The van der Waals surface area contributed by atoms with Crippen LogP contribution >= 0.6 is 11.6 Å². The van der Waals surface area contributed by atoms with Crippen LogP contribution in [-0.2, 0) is 11.2 Å². The lowest BCUT2D eigenvalue weighted by atomic mass is 9.95. The van der Waals surface area contributed by atoms with E-state index in [1.165, 1.54) is 6.42 Å². The van der Waals surface area contributed by atoms with Crippen LogP contribution < -0.4 is 15.7 Å². The standard InChI is InChI=1S/C24H33ClN2O4/c1-4-27(5-2)14-13-19-16(3)18-11-12-20(22(25)23(18)31-24(19)29)30-15-21(28)26-17-9-7-6-8-10-17/h11-12,17H,4-10,13-15H2,1-3H3,(H,26,28). The number of benzene rings is 1. The zero-order chi connectivity index (χ0) is 22.4. The number of ether oxygens (including phenoxy) is 1. The number of hydrogen-bond acceptors (Lipinski definition) is 5. The number of likely N-dealkylation sites (N-methyl/N-ethyl adjacent to an activating group) is 1. The summed E-state index contributed by atoms with van der Waals surface area (Å²) in [5, 5.41) is 4.03. The van der Waals surface area contributed by atoms with Gasteiger partial charge in [-0.2, -0.15) is 0 Å². The molecule has 0 atom stereocenters. The average Bonchev–Trinajstić information content (AvgIpc) is 2.77. The lowest BCUT2D eigenvalue weighted by Crippen LogP contribution is -2.39. The second kappa shape index (κ2) is 11.0. The topological polar surface area (TPSA) is 71.8 Å². The minimum Gasteiger partial charge on any atom is -0.482 e. The van der Waals surface area contributed by atoms with Crippen LogP contribution in [-0.4, -0.2) is 43.1 Å². The van der Waals surface area contributed by atoms with Crippen LogP contribution in [0.3, 0.4) is 0 Å². The molecule has 2 aromatic rings. The second-order valence-corrected chi connectivity index (χ2v) is 8.59. The van der Waals surface area contributed by atoms with E-state index in [1.54, 1.807) is 6.07 Å². The first-order valence-electron chi connectivity index (χ1n) is 11.3. The summed E-state index contributed by atoms with van der Waals surface area (Å²) < 4.78 is 11.2. The first kappa shape index (κ1) is 23.6. The predicted octanol–water partition coefficient (Wildman–Crippen LogP) is 4.47. The molecule has 1 aromatic carbocycles. The van der Waals surface area contributed by atoms with Gasteiger partial charge in [-0.1, -0.05) is 44.7 Å². The van der Waals surface area contributed by atoms with Crippen molar-refractivity contribution in [1.82, 2.24) is 10.2 Å². The van der Waals surface area contributed by atoms with E-state index in [4.69, 9.17) is 20.8 Å². The third-order valence-corrected chi connectivity index (χ3v) is 6.62. The van der Waals surface area contributed by atoms with Crippen LogP contribution in [0.15, 0.2) is 21.3 Å². The molecule has 0 spiro atoms. The van der Waals surface area contributed by atoms with E-state index in [0.717, 1.165) is 56.3 Å². The van der Waals surface area contributed by atoms with Crippen molar-refractivity contribution in [3.8, 4) is 5.75 Å². The molecule has 1 aromatic heterocycles. The Hall–Kier alpha value is -2.05. The summed E-state index contributed by atoms with van der Waals surface area (Å²) >= 11 is 6.49. The van der Waals surface area contributed by atoms with Crippen LogP contribution in [0.25, 0.3) is 11.0 Å². The summed E-state index contributed by atoms with van der Waals surface area (Å²) in [6, 6.07) is 3.81. The Bertz CT molecular complexity index is 962. The fourth-order valence-corrected chi connectivity index (χ4v) is 4.53. The van der Waals surface area contributed by atoms with Crippen LogP contribution in [0.2, 0.25) is 5.02 Å². The predicted molar refractivity (Wildman–Crippen MR) is 124 cm³/mol. The lowest BCUT2D eigenvalue weighted by molar-refractivity contribution is -0.124. The number of aryl methyl sites for hydroxylation is 1. The van der Waals surface area contributed by atoms with Crippen molar-refractivity contribution in [1.29, 1.82) is 0 Å². The maximum absolute atomic E-state index is 12.6. The van der Waals surface area contributed by atoms with Gasteiger partial charge in [-0.15, -0.1) is 0 Å². The number of carbonyl (C=O) groups excluding carboxylic acids is 1. The third-order valence-electron chi connectivity index (χ3n) is 6.26. The molecular weight excluding hydrogens is 416 g/mol. The summed E-state index contributed by atoms with van der Waals surface area (Å²) in [6.45, 7) is 8.70. The maximum atomic E-state index is 12.6. The summed E-state index contributed by atoms with van der Waals surface area (Å²) in [4.78, 5) is 27.1. The van der Waals surface area contributed by atoms with Crippen molar-refractivity contribution in [2.75, 3.05) is 26.2 Å². The molecule has 0 bridgehead atoms. The molecule has 1 fully saturated rings. The van der Waals surface area contributed by atoms with Gasteiger partial charge in [0.15, 0.2) is 12.2 Å². The van der Waals surface area contributed by atoms with Crippen molar-refractivity contribution in [2.45, 2.75) is 65.3 Å². The Labute approximate surface area is 188 Å². The first-order valence-corrected chi connectivity index (χ1v) is 11.7. The summed E-state index contributed by atoms with van der Waals surface area (Å²) in [6.07, 6.45) is 6.20. The molecule has 6 nitrogen and oxygen atoms in total. The fourth-order valence-electron chi connectivity index (χ4n) is 4.27. The number of nitrogens with one attached hydrogen (secondary N) is 1. The molecule has 1 amide bonds. The Morgan fingerprint density at radius 3 is 2.61 bits per heavy atom. The molecular formula is C24H33ClN2O4. The highest BCUT2D eigenvalue weighted by Crippen LogP contribution is 2.34. The lowest BCUT2D eigenvalue weighted by Gasteiger charge is -2.22. The zero-order valence-electron chi connectivity index (χ0n) is 18.8. The highest BCUT2D eigenvalue weighted by atomic mass is 35.5. The van der Waals surface area contributed by atoms with Gasteiger partial charge in [0.05, 0.1) is 0 Å². The van der Waals surface area contributed by atoms with Crippen LogP contribution in [0.4, 0.5) is 0 Å². The van der Waals surface area contributed by atoms with Gasteiger partial charge < -0.3 is 19.4 Å². The van der Waals surface area contributed by atoms with Crippen molar-refractivity contribution in [2.24, 2.45) is 0 Å². The molecule has 7 heteroatoms. The molecule has 0 aliphatic heterocycles. The van der Waals surface area contributed by atoms with E-state index < -0.39 is 0 Å². The number of carbonyl (C=O) groups is 1. The maximum Gasteiger partial charge on any atom is 0.339 e. The molecule has 0 saturated heterocycles. The number of hydrogen-bond donors (Lipinski definition) is 1. The largest absolute Gasteiger partial charge is 0.482 e. The van der Waals surface area contributed by atoms with Gasteiger partial charge in [0.1, 0.15) is 10.8 Å². The van der Waals surface area contributed by atoms with E-state index in [0.29, 0.717) is 23.3 Å². The van der Waals surface area contributed by atoms with Crippen LogP contribution in [0.1, 0.15) is 57.1 Å². The summed E-state index contributed by atoms with van der Waals surface area (Å²) in [5.74, 6) is 0.179. The minimum absolute atomic E-state index is 0.118. The number of rotatable bonds is 9. The Kier molecular flexibility index (Phi) is 8.38. The van der Waals surface area contributed by atoms with Gasteiger partial charge in [-0.3, -0.25) is 4.79 Å². The number of fused-ring (bicyclic) bond motifs is 1. The van der Waals surface area contributed by atoms with Crippen LogP contribution in [0, 0.1) is 6.92 Å². The minimum atomic E-state index is -0.369. The second-order valence-electron chi connectivity index (χ2n) is 8.22. The average molecular weight is 449 g/mol. The molecule has 1 saturated carbocycles. The van der Waals surface area contributed by atoms with Gasteiger partial charge in [-0.25, -0.2) is 4.79 Å². The highest BCUT2D eigenvalue weighted by Gasteiger charge is 2.19. The monoisotopic (exact) mass is 448 g/mol. The Morgan fingerprint density at radius 1 is 1.23 bits per heavy atom. The smallest absolute Gasteiger partial charge is 0.339 e. The first-order chi connectivity index (χ1) is 14.9. The molecule has 31 heavy (non-hydrogen) atoms. The van der Waals surface area contributed by atoms with Gasteiger partial charge >= 0.3 is 5.63 Å². The van der Waals surface area contributed by atoms with Gasteiger partial charge in [0.2, 0.25) is 0 Å². The van der Waals surface area contributed by atoms with Crippen LogP contribution in [0.5, 0.6) is 5.75 Å². The SMILES string of the molecule is CCN(CC)CCc1c(C)c2ccc(OCC(=O)NC3CCCCC3)c(Cl)c2oc1=O. The van der Waals surface area contributed by atoms with Crippen molar-refractivity contribution < 1.29 is 13.9 Å². The van der Waals surface area contributed by atoms with E-state index >= 15 is 0 Å². The summed E-state index contributed by atoms with van der Waals surface area (Å²) in [5.41, 5.74) is 1.49. The fraction of sp³-hybridized carbons (Fsp3) is 0.583. The molecule has 1 aliphatic carbocycles. The van der Waals surface area contributed by atoms with Gasteiger partial charge in [0.25, 0.3) is 5.91 Å². The van der Waals surface area contributed by atoms with Gasteiger partial charge in [0, 0.05) is 23.5 Å². The molecule has 0 unspecified atom stereocenters. The van der Waals surface area contributed by atoms with Gasteiger partial charge in [-0.05, 0) is 57.0 Å². The van der Waals surface area contributed by atoms with Crippen molar-refractivity contribution >= 4 is 28.5 Å². The molecule has 170 valence electrons. The highest BCUT2D eigenvalue weighted by molar-refractivity contribution is 6.36. The van der Waals surface area contributed by atoms with E-state index in [1.807, 2.05) is 13.0 Å². The number of nitrogens with zero attached hydrogens (tertiary/aromatic N) is 1.